The Morgan fingerprint density at radius 2 is 2.04 bits per heavy atom. The largest absolute Gasteiger partial charge is 0.324 e. The van der Waals surface area contributed by atoms with Gasteiger partial charge in [0.25, 0.3) is 5.91 Å². The van der Waals surface area contributed by atoms with Crippen LogP contribution in [0.4, 0.5) is 14.5 Å². The summed E-state index contributed by atoms with van der Waals surface area (Å²) in [4.78, 5) is 17.4. The summed E-state index contributed by atoms with van der Waals surface area (Å²) in [6.45, 7) is 0.713. The van der Waals surface area contributed by atoms with Crippen LogP contribution in [-0.2, 0) is 11.3 Å². The van der Waals surface area contributed by atoms with Gasteiger partial charge in [-0.15, -0.1) is 11.3 Å². The Kier molecular flexibility index (Phi) is 4.82. The van der Waals surface area contributed by atoms with E-state index in [4.69, 9.17) is 0 Å². The van der Waals surface area contributed by atoms with Crippen LogP contribution in [0.5, 0.6) is 0 Å². The van der Waals surface area contributed by atoms with E-state index >= 15 is 0 Å². The number of aromatic nitrogens is 1. The van der Waals surface area contributed by atoms with Crippen molar-refractivity contribution in [3.05, 3.63) is 59.1 Å². The summed E-state index contributed by atoms with van der Waals surface area (Å²) in [5.41, 5.74) is 0.796. The van der Waals surface area contributed by atoms with Crippen molar-refractivity contribution >= 4 is 33.1 Å². The van der Waals surface area contributed by atoms with Crippen LogP contribution in [0.15, 0.2) is 42.5 Å². The first-order valence-electron chi connectivity index (χ1n) is 7.42. The predicted molar refractivity (Wildman–Crippen MR) is 90.1 cm³/mol. The molecule has 0 saturated heterocycles. The van der Waals surface area contributed by atoms with Crippen LogP contribution >= 0.6 is 11.3 Å². The van der Waals surface area contributed by atoms with Crippen LogP contribution in [0, 0.1) is 11.6 Å². The van der Waals surface area contributed by atoms with Crippen LogP contribution < -0.4 is 10.2 Å². The Labute approximate surface area is 141 Å². The highest BCUT2D eigenvalue weighted by molar-refractivity contribution is 7.18. The third kappa shape index (κ3) is 3.93. The van der Waals surface area contributed by atoms with Crippen molar-refractivity contribution in [1.29, 1.82) is 0 Å². The molecule has 0 aliphatic rings. The van der Waals surface area contributed by atoms with Gasteiger partial charge in [0.15, 0.2) is 6.54 Å². The second-order valence-corrected chi connectivity index (χ2v) is 6.67. The first-order valence-corrected chi connectivity index (χ1v) is 8.23. The number of nitrogens with one attached hydrogen (secondary N) is 2. The molecule has 1 heterocycles. The Balaban J connectivity index is 1.60. The topological polar surface area (TPSA) is 46.4 Å². The zero-order valence-corrected chi connectivity index (χ0v) is 13.8. The van der Waals surface area contributed by atoms with Gasteiger partial charge in [-0.2, -0.15) is 0 Å². The molecule has 0 fully saturated rings. The monoisotopic (exact) mass is 348 g/mol. The average molecular weight is 348 g/mol. The fourth-order valence-electron chi connectivity index (χ4n) is 2.38. The lowest BCUT2D eigenvalue weighted by Gasteiger charge is -2.12. The summed E-state index contributed by atoms with van der Waals surface area (Å²) >= 11 is 1.59. The van der Waals surface area contributed by atoms with Gasteiger partial charge < -0.3 is 10.2 Å². The van der Waals surface area contributed by atoms with E-state index in [0.717, 1.165) is 38.3 Å². The predicted octanol–water partition coefficient (Wildman–Crippen LogP) is 2.23. The quantitative estimate of drug-likeness (QED) is 0.743. The van der Waals surface area contributed by atoms with E-state index in [2.05, 4.69) is 10.3 Å². The smallest absolute Gasteiger partial charge is 0.279 e. The third-order valence-corrected chi connectivity index (χ3v) is 4.49. The van der Waals surface area contributed by atoms with Crippen molar-refractivity contribution in [3.8, 4) is 0 Å². The van der Waals surface area contributed by atoms with Crippen molar-refractivity contribution in [2.45, 2.75) is 6.54 Å². The molecule has 0 aliphatic heterocycles. The summed E-state index contributed by atoms with van der Waals surface area (Å²) < 4.78 is 27.8. The van der Waals surface area contributed by atoms with Crippen LogP contribution in [0.1, 0.15) is 5.01 Å². The number of amides is 1. The van der Waals surface area contributed by atoms with E-state index < -0.39 is 11.6 Å². The molecule has 4 nitrogen and oxygen atoms in total. The number of benzene rings is 2. The number of halogens is 2. The third-order valence-electron chi connectivity index (χ3n) is 3.46. The molecule has 2 N–H and O–H groups in total. The summed E-state index contributed by atoms with van der Waals surface area (Å²) in [5, 5.41) is 3.33. The number of hydrogen-bond donors (Lipinski definition) is 2. The summed E-state index contributed by atoms with van der Waals surface area (Å²) in [5.74, 6) is -1.63. The summed E-state index contributed by atoms with van der Waals surface area (Å²) in [6, 6.07) is 10.8. The Hall–Kier alpha value is -2.38. The highest BCUT2D eigenvalue weighted by Crippen LogP contribution is 2.20. The molecule has 1 atom stereocenters. The second kappa shape index (κ2) is 7.02. The minimum absolute atomic E-state index is 0.131. The second-order valence-electron chi connectivity index (χ2n) is 5.56. The molecule has 0 aliphatic carbocycles. The van der Waals surface area contributed by atoms with Gasteiger partial charge >= 0.3 is 0 Å². The number of thiazole rings is 1. The molecule has 1 aromatic heterocycles. The van der Waals surface area contributed by atoms with Crippen LogP contribution in [0.25, 0.3) is 10.2 Å². The highest BCUT2D eigenvalue weighted by atomic mass is 32.1. The summed E-state index contributed by atoms with van der Waals surface area (Å²) in [6.07, 6.45) is 0. The molecule has 3 aromatic rings. The van der Waals surface area contributed by atoms with Gasteiger partial charge in [-0.1, -0.05) is 12.1 Å². The van der Waals surface area contributed by atoms with Crippen molar-refractivity contribution < 1.29 is 18.5 Å². The van der Waals surface area contributed by atoms with E-state index in [0.29, 0.717) is 6.54 Å². The number of fused-ring (bicyclic) bond motifs is 1. The number of nitrogens with zero attached hydrogens (tertiary/aromatic N) is 1. The van der Waals surface area contributed by atoms with Crippen molar-refractivity contribution in [3.63, 3.8) is 0 Å². The van der Waals surface area contributed by atoms with Gasteiger partial charge in [-0.25, -0.2) is 13.8 Å². The van der Waals surface area contributed by atoms with E-state index in [1.165, 1.54) is 0 Å². The lowest BCUT2D eigenvalue weighted by Crippen LogP contribution is -3.08. The molecule has 124 valence electrons. The van der Waals surface area contributed by atoms with E-state index in [1.807, 2.05) is 31.3 Å². The van der Waals surface area contributed by atoms with Gasteiger partial charge in [-0.3, -0.25) is 4.79 Å². The average Bonchev–Trinajstić information content (AvgIpc) is 2.92. The van der Waals surface area contributed by atoms with E-state index in [1.54, 1.807) is 11.3 Å². The first kappa shape index (κ1) is 16.5. The Morgan fingerprint density at radius 1 is 1.25 bits per heavy atom. The normalized spacial score (nSPS) is 12.3. The number of hydrogen-bond acceptors (Lipinski definition) is 3. The summed E-state index contributed by atoms with van der Waals surface area (Å²) in [7, 11) is 1.85. The molecule has 3 rings (SSSR count). The van der Waals surface area contributed by atoms with Crippen molar-refractivity contribution in [2.24, 2.45) is 0 Å². The maximum Gasteiger partial charge on any atom is 0.279 e. The van der Waals surface area contributed by atoms with Crippen LogP contribution in [0.3, 0.4) is 0 Å². The van der Waals surface area contributed by atoms with Crippen LogP contribution in [0.2, 0.25) is 0 Å². The Morgan fingerprint density at radius 3 is 2.83 bits per heavy atom. The minimum atomic E-state index is -0.659. The molecule has 2 aromatic carbocycles. The van der Waals surface area contributed by atoms with Crippen LogP contribution in [-0.4, -0.2) is 24.5 Å². The molecule has 0 bridgehead atoms. The molecule has 1 unspecified atom stereocenters. The SMILES string of the molecule is C[NH+](CC(=O)Nc1cc(F)ccc1F)Cc1nc2ccccc2s1. The zero-order valence-electron chi connectivity index (χ0n) is 13.0. The number of carbonyl (C=O) groups is 1. The first-order chi connectivity index (χ1) is 11.5. The molecule has 0 radical (unpaired) electrons. The molecule has 7 heteroatoms. The molecular formula is C17H16F2N3OS+. The number of likely N-dealkylation sites (N-methyl/N-ethyl adjacent to an activating group) is 1. The number of anilines is 1. The van der Waals surface area contributed by atoms with E-state index in [-0.39, 0.29) is 18.1 Å². The van der Waals surface area contributed by atoms with Gasteiger partial charge in [0.2, 0.25) is 0 Å². The number of rotatable bonds is 5. The van der Waals surface area contributed by atoms with Gasteiger partial charge in [-0.05, 0) is 24.3 Å². The van der Waals surface area contributed by atoms with Crippen molar-refractivity contribution in [1.82, 2.24) is 4.98 Å². The standard InChI is InChI=1S/C17H15F2N3OS/c1-22(10-17-21-13-4-2-3-5-15(13)24-17)9-16(23)20-14-8-11(18)6-7-12(14)19/h2-8H,9-10H2,1H3,(H,20,23)/p+1. The number of quaternary nitrogens is 1. The fraction of sp³-hybridized carbons (Fsp3) is 0.176. The molecule has 24 heavy (non-hydrogen) atoms. The van der Waals surface area contributed by atoms with Gasteiger partial charge in [0.05, 0.1) is 23.0 Å². The molecule has 0 saturated carbocycles. The Bertz CT molecular complexity index is 848. The number of carbonyl (C=O) groups excluding carboxylic acids is 1. The number of para-hydroxylation sites is 1. The highest BCUT2D eigenvalue weighted by Gasteiger charge is 2.15. The van der Waals surface area contributed by atoms with Gasteiger partial charge in [0.1, 0.15) is 23.2 Å². The minimum Gasteiger partial charge on any atom is -0.324 e. The van der Waals surface area contributed by atoms with E-state index in [9.17, 15) is 13.6 Å². The van der Waals surface area contributed by atoms with Crippen molar-refractivity contribution in [2.75, 3.05) is 18.9 Å². The van der Waals surface area contributed by atoms with Gasteiger partial charge in [0, 0.05) is 6.07 Å². The maximum atomic E-state index is 13.5. The molecule has 1 amide bonds. The fourth-order valence-corrected chi connectivity index (χ4v) is 3.46. The molecule has 0 spiro atoms. The maximum absolute atomic E-state index is 13.5. The lowest BCUT2D eigenvalue weighted by atomic mass is 10.3. The molecular weight excluding hydrogens is 332 g/mol. The zero-order chi connectivity index (χ0) is 17.1. The lowest BCUT2D eigenvalue weighted by molar-refractivity contribution is -0.885.